The number of aliphatic hydroxyl groups is 1. The number of nitrogens with zero attached hydrogens (tertiary/aromatic N) is 1. The van der Waals surface area contributed by atoms with E-state index in [-0.39, 0.29) is 12.1 Å². The lowest BCUT2D eigenvalue weighted by molar-refractivity contribution is -0.267. The molecule has 1 heterocycles. The first-order valence-electron chi connectivity index (χ1n) is 8.41. The van der Waals surface area contributed by atoms with Crippen molar-refractivity contribution in [3.8, 4) is 0 Å². The summed E-state index contributed by atoms with van der Waals surface area (Å²) in [4.78, 5) is 27.3. The number of aromatic nitrogens is 1. The Balaban J connectivity index is 1.79. The SMILES string of the molecule is NC(=O)c1cccc(CNC(=O)CC(O)(c2nc3ccccc3s2)C(F)(F)F)c1. The number of para-hydroxylation sites is 1. The van der Waals surface area contributed by atoms with E-state index < -0.39 is 35.0 Å². The minimum atomic E-state index is -5.11. The van der Waals surface area contributed by atoms with Crippen molar-refractivity contribution in [2.45, 2.75) is 24.7 Å². The third kappa shape index (κ3) is 4.38. The predicted octanol–water partition coefficient (Wildman–Crippen LogP) is 2.85. The highest BCUT2D eigenvalue weighted by Gasteiger charge is 2.58. The number of nitrogens with two attached hydrogens (primary N) is 1. The number of primary amides is 1. The van der Waals surface area contributed by atoms with E-state index >= 15 is 0 Å². The largest absolute Gasteiger partial charge is 0.424 e. The molecule has 0 saturated heterocycles. The van der Waals surface area contributed by atoms with E-state index in [2.05, 4.69) is 10.3 Å². The molecule has 2 aromatic carbocycles. The Hall–Kier alpha value is -2.98. The molecule has 0 saturated carbocycles. The third-order valence-electron chi connectivity index (χ3n) is 4.23. The summed E-state index contributed by atoms with van der Waals surface area (Å²) in [7, 11) is 0. The quantitative estimate of drug-likeness (QED) is 0.567. The van der Waals surface area contributed by atoms with Gasteiger partial charge < -0.3 is 16.2 Å². The van der Waals surface area contributed by atoms with Gasteiger partial charge in [0.1, 0.15) is 5.01 Å². The average molecular weight is 423 g/mol. The summed E-state index contributed by atoms with van der Waals surface area (Å²) in [6, 6.07) is 12.4. The third-order valence-corrected chi connectivity index (χ3v) is 5.42. The molecule has 0 bridgehead atoms. The summed E-state index contributed by atoms with van der Waals surface area (Å²) in [6.07, 6.45) is -6.35. The lowest BCUT2D eigenvalue weighted by Crippen LogP contribution is -2.46. The number of thiazole rings is 1. The molecule has 1 atom stereocenters. The van der Waals surface area contributed by atoms with Crippen LogP contribution in [0.3, 0.4) is 0 Å². The van der Waals surface area contributed by atoms with Gasteiger partial charge in [-0.25, -0.2) is 4.98 Å². The van der Waals surface area contributed by atoms with Crippen LogP contribution in [-0.4, -0.2) is 28.1 Å². The van der Waals surface area contributed by atoms with E-state index in [0.717, 1.165) is 0 Å². The molecule has 0 spiro atoms. The number of hydrogen-bond acceptors (Lipinski definition) is 5. The molecular formula is C19H16F3N3O3S. The molecule has 3 aromatic rings. The van der Waals surface area contributed by atoms with Gasteiger partial charge in [-0.15, -0.1) is 11.3 Å². The number of alkyl halides is 3. The second-order valence-corrected chi connectivity index (χ2v) is 7.39. The Morgan fingerprint density at radius 3 is 2.52 bits per heavy atom. The maximum absolute atomic E-state index is 13.7. The second-order valence-electron chi connectivity index (χ2n) is 6.36. The summed E-state index contributed by atoms with van der Waals surface area (Å²) in [5.41, 5.74) is 2.74. The molecule has 0 aliphatic carbocycles. The summed E-state index contributed by atoms with van der Waals surface area (Å²) >= 11 is 0.680. The predicted molar refractivity (Wildman–Crippen MR) is 101 cm³/mol. The average Bonchev–Trinajstić information content (AvgIpc) is 3.10. The summed E-state index contributed by atoms with van der Waals surface area (Å²) in [5.74, 6) is -1.69. The van der Waals surface area contributed by atoms with Crippen molar-refractivity contribution in [1.82, 2.24) is 10.3 Å². The highest BCUT2D eigenvalue weighted by Crippen LogP contribution is 2.44. The van der Waals surface area contributed by atoms with Crippen LogP contribution in [0.1, 0.15) is 27.3 Å². The number of nitrogens with one attached hydrogen (secondary N) is 1. The molecule has 0 fully saturated rings. The van der Waals surface area contributed by atoms with Gasteiger partial charge in [0.25, 0.3) is 0 Å². The second kappa shape index (κ2) is 7.80. The molecule has 4 N–H and O–H groups in total. The molecule has 2 amide bonds. The smallest absolute Gasteiger partial charge is 0.374 e. The number of halogens is 3. The van der Waals surface area contributed by atoms with Crippen molar-refractivity contribution in [3.05, 3.63) is 64.7 Å². The standard InChI is InChI=1S/C19H16F3N3O3S/c20-19(21,22)18(28,17-25-13-6-1-2-7-14(13)29-17)9-15(26)24-10-11-4-3-5-12(8-11)16(23)27/h1-8,28H,9-10H2,(H2,23,27)(H,24,26). The van der Waals surface area contributed by atoms with Gasteiger partial charge in [0, 0.05) is 12.1 Å². The van der Waals surface area contributed by atoms with Gasteiger partial charge in [0.15, 0.2) is 0 Å². The van der Waals surface area contributed by atoms with Crippen LogP contribution in [0, 0.1) is 0 Å². The maximum Gasteiger partial charge on any atom is 0.424 e. The lowest BCUT2D eigenvalue weighted by atomic mass is 9.99. The first-order valence-corrected chi connectivity index (χ1v) is 9.22. The van der Waals surface area contributed by atoms with Crippen molar-refractivity contribution in [3.63, 3.8) is 0 Å². The van der Waals surface area contributed by atoms with Gasteiger partial charge >= 0.3 is 6.18 Å². The minimum absolute atomic E-state index is 0.131. The number of rotatable bonds is 6. The number of amides is 2. The van der Waals surface area contributed by atoms with E-state index in [1.54, 1.807) is 24.3 Å². The Labute approximate surface area is 167 Å². The van der Waals surface area contributed by atoms with Crippen LogP contribution < -0.4 is 11.1 Å². The Kier molecular flexibility index (Phi) is 5.58. The van der Waals surface area contributed by atoms with Crippen molar-refractivity contribution < 1.29 is 27.9 Å². The molecule has 0 aliphatic heterocycles. The summed E-state index contributed by atoms with van der Waals surface area (Å²) in [5, 5.41) is 12.1. The van der Waals surface area contributed by atoms with Gasteiger partial charge in [0.2, 0.25) is 17.4 Å². The molecule has 1 unspecified atom stereocenters. The molecule has 152 valence electrons. The van der Waals surface area contributed by atoms with Crippen LogP contribution in [0.2, 0.25) is 0 Å². The lowest BCUT2D eigenvalue weighted by Gasteiger charge is -2.27. The van der Waals surface area contributed by atoms with E-state index in [1.165, 1.54) is 24.3 Å². The molecule has 10 heteroatoms. The summed E-state index contributed by atoms with van der Waals surface area (Å²) in [6.45, 7) is -0.131. The Bertz CT molecular complexity index is 1030. The molecule has 0 radical (unpaired) electrons. The van der Waals surface area contributed by atoms with Gasteiger partial charge in [-0.2, -0.15) is 13.2 Å². The van der Waals surface area contributed by atoms with Crippen molar-refractivity contribution >= 4 is 33.4 Å². The zero-order chi connectivity index (χ0) is 21.2. The van der Waals surface area contributed by atoms with E-state index in [1.807, 2.05) is 0 Å². The first kappa shape index (κ1) is 20.7. The van der Waals surface area contributed by atoms with E-state index in [9.17, 15) is 27.9 Å². The topological polar surface area (TPSA) is 105 Å². The van der Waals surface area contributed by atoms with Crippen molar-refractivity contribution in [2.24, 2.45) is 5.73 Å². The zero-order valence-corrected chi connectivity index (χ0v) is 15.7. The number of fused-ring (bicyclic) bond motifs is 1. The van der Waals surface area contributed by atoms with Crippen LogP contribution >= 0.6 is 11.3 Å². The highest BCUT2D eigenvalue weighted by atomic mass is 32.1. The summed E-state index contributed by atoms with van der Waals surface area (Å²) < 4.78 is 41.5. The van der Waals surface area contributed by atoms with Crippen LogP contribution in [0.15, 0.2) is 48.5 Å². The van der Waals surface area contributed by atoms with Crippen LogP contribution in [0.5, 0.6) is 0 Å². The van der Waals surface area contributed by atoms with Crippen LogP contribution in [-0.2, 0) is 16.9 Å². The van der Waals surface area contributed by atoms with Crippen molar-refractivity contribution in [1.29, 1.82) is 0 Å². The van der Waals surface area contributed by atoms with Gasteiger partial charge in [-0.3, -0.25) is 9.59 Å². The van der Waals surface area contributed by atoms with Crippen LogP contribution in [0.4, 0.5) is 13.2 Å². The van der Waals surface area contributed by atoms with Gasteiger partial charge in [-0.05, 0) is 29.8 Å². The fourth-order valence-corrected chi connectivity index (χ4v) is 3.75. The van der Waals surface area contributed by atoms with Gasteiger partial charge in [0.05, 0.1) is 16.6 Å². The maximum atomic E-state index is 13.7. The van der Waals surface area contributed by atoms with E-state index in [4.69, 9.17) is 5.73 Å². The number of carbonyl (C=O) groups excluding carboxylic acids is 2. The molecule has 6 nitrogen and oxygen atoms in total. The van der Waals surface area contributed by atoms with E-state index in [0.29, 0.717) is 27.1 Å². The fourth-order valence-electron chi connectivity index (χ4n) is 2.68. The highest BCUT2D eigenvalue weighted by molar-refractivity contribution is 7.18. The molecule has 29 heavy (non-hydrogen) atoms. The van der Waals surface area contributed by atoms with Crippen LogP contribution in [0.25, 0.3) is 10.2 Å². The molecule has 0 aliphatic rings. The van der Waals surface area contributed by atoms with Gasteiger partial charge in [-0.1, -0.05) is 24.3 Å². The fraction of sp³-hybridized carbons (Fsp3) is 0.211. The monoisotopic (exact) mass is 423 g/mol. The Morgan fingerprint density at radius 2 is 1.86 bits per heavy atom. The molecular weight excluding hydrogens is 407 g/mol. The molecule has 1 aromatic heterocycles. The Morgan fingerprint density at radius 1 is 1.14 bits per heavy atom. The zero-order valence-electron chi connectivity index (χ0n) is 14.9. The first-order chi connectivity index (χ1) is 13.6. The number of benzene rings is 2. The van der Waals surface area contributed by atoms with Crippen molar-refractivity contribution in [2.75, 3.05) is 0 Å². The number of carbonyl (C=O) groups is 2. The minimum Gasteiger partial charge on any atom is -0.374 e. The number of hydrogen-bond donors (Lipinski definition) is 3. The normalized spacial score (nSPS) is 13.8. The molecule has 3 rings (SSSR count).